The van der Waals surface area contributed by atoms with Crippen molar-refractivity contribution in [2.45, 2.75) is 64.0 Å². The van der Waals surface area contributed by atoms with Crippen molar-refractivity contribution >= 4 is 5.91 Å². The number of hydrogen-bond acceptors (Lipinski definition) is 2. The van der Waals surface area contributed by atoms with Crippen molar-refractivity contribution in [3.8, 4) is 0 Å². The van der Waals surface area contributed by atoms with Gasteiger partial charge >= 0.3 is 0 Å². The molecule has 17 heavy (non-hydrogen) atoms. The minimum atomic E-state index is 0.337. The molecule has 1 amide bonds. The fourth-order valence-corrected chi connectivity index (χ4v) is 3.24. The number of carbonyl (C=O) groups excluding carboxylic acids is 1. The summed E-state index contributed by atoms with van der Waals surface area (Å²) < 4.78 is 0. The number of nitrogens with zero attached hydrogens (tertiary/aromatic N) is 1. The predicted molar refractivity (Wildman–Crippen MR) is 69.8 cm³/mol. The Labute approximate surface area is 105 Å². The molecule has 2 fully saturated rings. The van der Waals surface area contributed by atoms with Gasteiger partial charge in [0.1, 0.15) is 0 Å². The topological polar surface area (TPSA) is 32.3 Å². The van der Waals surface area contributed by atoms with E-state index in [-0.39, 0.29) is 0 Å². The molecule has 3 atom stereocenters. The summed E-state index contributed by atoms with van der Waals surface area (Å²) in [5.74, 6) is 1.12. The maximum Gasteiger partial charge on any atom is 0.224 e. The van der Waals surface area contributed by atoms with Gasteiger partial charge in [0, 0.05) is 25.6 Å². The highest BCUT2D eigenvalue weighted by molar-refractivity contribution is 5.76. The molecule has 1 saturated carbocycles. The molecule has 0 spiro atoms. The zero-order valence-electron chi connectivity index (χ0n) is 11.2. The van der Waals surface area contributed by atoms with Crippen LogP contribution in [0.25, 0.3) is 0 Å². The first-order valence-electron chi connectivity index (χ1n) is 7.16. The molecule has 0 aromatic carbocycles. The minimum absolute atomic E-state index is 0.337. The molecule has 1 aliphatic carbocycles. The van der Waals surface area contributed by atoms with Crippen molar-refractivity contribution in [2.75, 3.05) is 13.6 Å². The van der Waals surface area contributed by atoms with Crippen molar-refractivity contribution in [1.29, 1.82) is 0 Å². The quantitative estimate of drug-likeness (QED) is 0.817. The number of nitrogens with one attached hydrogen (secondary N) is 1. The number of hydrogen-bond donors (Lipinski definition) is 1. The lowest BCUT2D eigenvalue weighted by Crippen LogP contribution is -2.42. The summed E-state index contributed by atoms with van der Waals surface area (Å²) in [4.78, 5) is 14.2. The van der Waals surface area contributed by atoms with Crippen molar-refractivity contribution in [1.82, 2.24) is 10.2 Å². The highest BCUT2D eigenvalue weighted by atomic mass is 16.2. The number of carbonyl (C=O) groups is 1. The first-order chi connectivity index (χ1) is 8.16. The standard InChI is InChI=1S/C14H26N2O/c1-11-5-3-7-13(9-11)16(2)14(17)10-12-6-4-8-15-12/h11-13,15H,3-10H2,1-2H3. The second-order valence-electron chi connectivity index (χ2n) is 5.93. The molecule has 2 rings (SSSR count). The molecule has 0 aromatic heterocycles. The Morgan fingerprint density at radius 1 is 1.29 bits per heavy atom. The normalized spacial score (nSPS) is 33.6. The Morgan fingerprint density at radius 3 is 2.76 bits per heavy atom. The summed E-state index contributed by atoms with van der Waals surface area (Å²) in [5.41, 5.74) is 0. The fraction of sp³-hybridized carbons (Fsp3) is 0.929. The van der Waals surface area contributed by atoms with E-state index in [9.17, 15) is 4.79 Å². The highest BCUT2D eigenvalue weighted by Gasteiger charge is 2.27. The third-order valence-electron chi connectivity index (χ3n) is 4.43. The molecular formula is C14H26N2O. The van der Waals surface area contributed by atoms with Crippen LogP contribution < -0.4 is 5.32 Å². The maximum atomic E-state index is 12.2. The van der Waals surface area contributed by atoms with E-state index in [1.807, 2.05) is 11.9 Å². The van der Waals surface area contributed by atoms with Crippen molar-refractivity contribution in [2.24, 2.45) is 5.92 Å². The molecule has 0 radical (unpaired) electrons. The van der Waals surface area contributed by atoms with Gasteiger partial charge in [-0.05, 0) is 38.1 Å². The summed E-state index contributed by atoms with van der Waals surface area (Å²) in [6.45, 7) is 3.39. The van der Waals surface area contributed by atoms with Crippen LogP contribution in [0.4, 0.5) is 0 Å². The number of rotatable bonds is 3. The molecule has 3 nitrogen and oxygen atoms in total. The Morgan fingerprint density at radius 2 is 2.12 bits per heavy atom. The molecule has 2 aliphatic rings. The third-order valence-corrected chi connectivity index (χ3v) is 4.43. The lowest BCUT2D eigenvalue weighted by atomic mass is 9.86. The van der Waals surface area contributed by atoms with Gasteiger partial charge in [-0.2, -0.15) is 0 Å². The van der Waals surface area contributed by atoms with Crippen LogP contribution in [0.2, 0.25) is 0 Å². The Kier molecular flexibility index (Phi) is 4.43. The largest absolute Gasteiger partial charge is 0.343 e. The van der Waals surface area contributed by atoms with Crippen LogP contribution in [0, 0.1) is 5.92 Å². The van der Waals surface area contributed by atoms with Crippen molar-refractivity contribution < 1.29 is 4.79 Å². The van der Waals surface area contributed by atoms with Crippen LogP contribution in [0.1, 0.15) is 51.9 Å². The van der Waals surface area contributed by atoms with E-state index in [0.717, 1.165) is 12.5 Å². The van der Waals surface area contributed by atoms with Gasteiger partial charge in [-0.3, -0.25) is 4.79 Å². The maximum absolute atomic E-state index is 12.2. The second kappa shape index (κ2) is 5.85. The molecule has 1 saturated heterocycles. The minimum Gasteiger partial charge on any atom is -0.343 e. The summed E-state index contributed by atoms with van der Waals surface area (Å²) in [7, 11) is 2.00. The third kappa shape index (κ3) is 3.44. The molecule has 3 heteroatoms. The average molecular weight is 238 g/mol. The van der Waals surface area contributed by atoms with Crippen LogP contribution in [-0.2, 0) is 4.79 Å². The van der Waals surface area contributed by atoms with E-state index in [1.54, 1.807) is 0 Å². The molecule has 1 aliphatic heterocycles. The lowest BCUT2D eigenvalue weighted by molar-refractivity contribution is -0.133. The van der Waals surface area contributed by atoms with Gasteiger partial charge in [0.15, 0.2) is 0 Å². The summed E-state index contributed by atoms with van der Waals surface area (Å²) in [5, 5.41) is 3.41. The monoisotopic (exact) mass is 238 g/mol. The molecule has 1 N–H and O–H groups in total. The fourth-order valence-electron chi connectivity index (χ4n) is 3.24. The van der Waals surface area contributed by atoms with Gasteiger partial charge in [-0.25, -0.2) is 0 Å². The zero-order chi connectivity index (χ0) is 12.3. The van der Waals surface area contributed by atoms with Crippen LogP contribution in [-0.4, -0.2) is 36.5 Å². The second-order valence-corrected chi connectivity index (χ2v) is 5.93. The Bertz CT molecular complexity index is 261. The van der Waals surface area contributed by atoms with Crippen LogP contribution >= 0.6 is 0 Å². The van der Waals surface area contributed by atoms with Gasteiger partial charge in [0.05, 0.1) is 0 Å². The van der Waals surface area contributed by atoms with E-state index in [2.05, 4.69) is 12.2 Å². The molecule has 0 aromatic rings. The highest BCUT2D eigenvalue weighted by Crippen LogP contribution is 2.27. The molecule has 3 unspecified atom stereocenters. The predicted octanol–water partition coefficient (Wildman–Crippen LogP) is 2.17. The molecule has 98 valence electrons. The summed E-state index contributed by atoms with van der Waals surface area (Å²) in [6, 6.07) is 0.929. The van der Waals surface area contributed by atoms with E-state index in [1.165, 1.54) is 38.5 Å². The van der Waals surface area contributed by atoms with Gasteiger partial charge in [0.2, 0.25) is 5.91 Å². The van der Waals surface area contributed by atoms with Gasteiger partial charge in [0.25, 0.3) is 0 Å². The smallest absolute Gasteiger partial charge is 0.224 e. The lowest BCUT2D eigenvalue weighted by Gasteiger charge is -2.34. The van der Waals surface area contributed by atoms with Crippen LogP contribution in [0.5, 0.6) is 0 Å². The van der Waals surface area contributed by atoms with Crippen molar-refractivity contribution in [3.05, 3.63) is 0 Å². The summed E-state index contributed by atoms with van der Waals surface area (Å²) in [6.07, 6.45) is 8.10. The molecule has 1 heterocycles. The van der Waals surface area contributed by atoms with Gasteiger partial charge < -0.3 is 10.2 Å². The summed E-state index contributed by atoms with van der Waals surface area (Å²) >= 11 is 0. The Balaban J connectivity index is 1.80. The average Bonchev–Trinajstić information content (AvgIpc) is 2.80. The van der Waals surface area contributed by atoms with E-state index >= 15 is 0 Å². The van der Waals surface area contributed by atoms with E-state index in [4.69, 9.17) is 0 Å². The molecule has 0 bridgehead atoms. The van der Waals surface area contributed by atoms with Gasteiger partial charge in [-0.1, -0.05) is 19.8 Å². The number of amides is 1. The SMILES string of the molecule is CC1CCCC(N(C)C(=O)CC2CCCN2)C1. The zero-order valence-corrected chi connectivity index (χ0v) is 11.2. The van der Waals surface area contributed by atoms with E-state index in [0.29, 0.717) is 24.4 Å². The first-order valence-corrected chi connectivity index (χ1v) is 7.16. The van der Waals surface area contributed by atoms with Crippen LogP contribution in [0.3, 0.4) is 0 Å². The van der Waals surface area contributed by atoms with Gasteiger partial charge in [-0.15, -0.1) is 0 Å². The van der Waals surface area contributed by atoms with Crippen LogP contribution in [0.15, 0.2) is 0 Å². The molecular weight excluding hydrogens is 212 g/mol. The Hall–Kier alpha value is -0.570. The van der Waals surface area contributed by atoms with Crippen molar-refractivity contribution in [3.63, 3.8) is 0 Å². The van der Waals surface area contributed by atoms with E-state index < -0.39 is 0 Å². The first kappa shape index (κ1) is 12.9.